The lowest BCUT2D eigenvalue weighted by molar-refractivity contribution is -0.132. The fourth-order valence-electron chi connectivity index (χ4n) is 5.38. The Balaban J connectivity index is 1.05. The molecule has 0 spiro atoms. The number of aromatic nitrogens is 3. The van der Waals surface area contributed by atoms with Gasteiger partial charge < -0.3 is 14.6 Å². The molecule has 0 radical (unpaired) electrons. The van der Waals surface area contributed by atoms with Gasteiger partial charge in [0.15, 0.2) is 0 Å². The Labute approximate surface area is 193 Å². The summed E-state index contributed by atoms with van der Waals surface area (Å²) in [6, 6.07) is 4.00. The summed E-state index contributed by atoms with van der Waals surface area (Å²) in [4.78, 5) is 31.0. The number of pyridine rings is 1. The van der Waals surface area contributed by atoms with Gasteiger partial charge in [-0.3, -0.25) is 19.9 Å². The first kappa shape index (κ1) is 22.0. The summed E-state index contributed by atoms with van der Waals surface area (Å²) in [7, 11) is 0. The minimum atomic E-state index is -0.0116. The Morgan fingerprint density at radius 3 is 2.70 bits per heavy atom. The summed E-state index contributed by atoms with van der Waals surface area (Å²) in [5.41, 5.74) is 0.860. The van der Waals surface area contributed by atoms with E-state index in [-0.39, 0.29) is 29.8 Å². The van der Waals surface area contributed by atoms with Crippen molar-refractivity contribution in [1.29, 1.82) is 0 Å². The molecule has 2 amide bonds. The van der Waals surface area contributed by atoms with E-state index in [1.54, 1.807) is 12.4 Å². The van der Waals surface area contributed by atoms with E-state index < -0.39 is 0 Å². The van der Waals surface area contributed by atoms with Crippen LogP contribution < -0.4 is 10.6 Å². The highest BCUT2D eigenvalue weighted by molar-refractivity contribution is 5.80. The number of carbonyl (C=O) groups excluding carboxylic acids is 2. The number of hydrogen-bond acceptors (Lipinski definition) is 7. The molecule has 1 aliphatic carbocycles. The van der Waals surface area contributed by atoms with E-state index in [0.717, 1.165) is 50.5 Å². The van der Waals surface area contributed by atoms with Crippen molar-refractivity contribution in [1.82, 2.24) is 30.7 Å². The molecule has 176 valence electrons. The first-order valence-electron chi connectivity index (χ1n) is 12.3. The van der Waals surface area contributed by atoms with Gasteiger partial charge in [-0.05, 0) is 50.7 Å². The molecule has 2 aromatic rings. The fraction of sp³-hybridized carbons (Fsp3) is 0.625. The van der Waals surface area contributed by atoms with Crippen molar-refractivity contribution >= 4 is 11.8 Å². The van der Waals surface area contributed by atoms with Gasteiger partial charge in [-0.2, -0.15) is 0 Å². The molecule has 0 aromatic carbocycles. The molecule has 9 nitrogen and oxygen atoms in total. The van der Waals surface area contributed by atoms with Crippen LogP contribution in [0.3, 0.4) is 0 Å². The lowest BCUT2D eigenvalue weighted by Crippen LogP contribution is -2.62. The summed E-state index contributed by atoms with van der Waals surface area (Å²) in [6.45, 7) is 1.41. The molecule has 3 fully saturated rings. The molecule has 2 saturated heterocycles. The van der Waals surface area contributed by atoms with Gasteiger partial charge in [0.2, 0.25) is 23.6 Å². The van der Waals surface area contributed by atoms with Crippen molar-refractivity contribution in [3.05, 3.63) is 30.4 Å². The third-order valence-corrected chi connectivity index (χ3v) is 7.28. The van der Waals surface area contributed by atoms with Crippen LogP contribution in [0, 0.1) is 5.92 Å². The van der Waals surface area contributed by atoms with Crippen LogP contribution in [0.25, 0.3) is 11.5 Å². The van der Waals surface area contributed by atoms with Crippen molar-refractivity contribution in [2.24, 2.45) is 5.92 Å². The Bertz CT molecular complexity index is 956. The normalized spacial score (nSPS) is 26.0. The van der Waals surface area contributed by atoms with Crippen LogP contribution in [-0.2, 0) is 9.59 Å². The number of nitrogens with zero attached hydrogens (tertiary/aromatic N) is 4. The van der Waals surface area contributed by atoms with Crippen LogP contribution in [0.2, 0.25) is 0 Å². The summed E-state index contributed by atoms with van der Waals surface area (Å²) in [6.07, 6.45) is 11.5. The van der Waals surface area contributed by atoms with Gasteiger partial charge in [0.25, 0.3) is 0 Å². The van der Waals surface area contributed by atoms with Crippen LogP contribution in [0.4, 0.5) is 0 Å². The van der Waals surface area contributed by atoms with Gasteiger partial charge in [0, 0.05) is 49.4 Å². The van der Waals surface area contributed by atoms with E-state index in [2.05, 4.69) is 25.8 Å². The van der Waals surface area contributed by atoms with Crippen molar-refractivity contribution in [2.75, 3.05) is 13.1 Å². The maximum atomic E-state index is 12.7. The minimum absolute atomic E-state index is 0.0116. The molecule has 2 aliphatic heterocycles. The fourth-order valence-corrected chi connectivity index (χ4v) is 5.38. The van der Waals surface area contributed by atoms with Crippen LogP contribution in [0.5, 0.6) is 0 Å². The van der Waals surface area contributed by atoms with Gasteiger partial charge in [-0.15, -0.1) is 10.2 Å². The topological polar surface area (TPSA) is 113 Å². The quantitative estimate of drug-likeness (QED) is 0.693. The largest absolute Gasteiger partial charge is 0.420 e. The van der Waals surface area contributed by atoms with Gasteiger partial charge in [-0.1, -0.05) is 12.8 Å². The molecule has 3 atom stereocenters. The van der Waals surface area contributed by atoms with E-state index >= 15 is 0 Å². The Morgan fingerprint density at radius 2 is 1.88 bits per heavy atom. The van der Waals surface area contributed by atoms with E-state index in [4.69, 9.17) is 4.42 Å². The number of carbonyl (C=O) groups is 2. The van der Waals surface area contributed by atoms with Crippen molar-refractivity contribution in [3.63, 3.8) is 0 Å². The van der Waals surface area contributed by atoms with Gasteiger partial charge in [0.05, 0.1) is 12.1 Å². The zero-order valence-corrected chi connectivity index (χ0v) is 18.9. The number of piperidine rings is 1. The Kier molecular flexibility index (Phi) is 6.66. The van der Waals surface area contributed by atoms with Gasteiger partial charge in [0.1, 0.15) is 0 Å². The second kappa shape index (κ2) is 9.99. The Hall–Kier alpha value is -2.81. The molecule has 2 N–H and O–H groups in total. The number of hydrogen-bond donors (Lipinski definition) is 2. The number of nitrogens with one attached hydrogen (secondary N) is 2. The summed E-state index contributed by atoms with van der Waals surface area (Å²) in [5, 5.41) is 15.1. The molecule has 4 heterocycles. The van der Waals surface area contributed by atoms with Crippen LogP contribution in [0.1, 0.15) is 69.6 Å². The van der Waals surface area contributed by atoms with Crippen LogP contribution in [-0.4, -0.2) is 57.2 Å². The molecule has 5 rings (SSSR count). The molecule has 3 unspecified atom stereocenters. The number of rotatable bonds is 6. The molecule has 33 heavy (non-hydrogen) atoms. The van der Waals surface area contributed by atoms with Gasteiger partial charge in [-0.25, -0.2) is 0 Å². The van der Waals surface area contributed by atoms with E-state index in [1.165, 1.54) is 6.42 Å². The minimum Gasteiger partial charge on any atom is -0.420 e. The average molecular weight is 453 g/mol. The van der Waals surface area contributed by atoms with Crippen molar-refractivity contribution in [2.45, 2.75) is 75.9 Å². The summed E-state index contributed by atoms with van der Waals surface area (Å²) in [5.74, 6) is 1.83. The number of amides is 2. The third kappa shape index (κ3) is 5.08. The number of fused-ring (bicyclic) bond motifs is 1. The zero-order chi connectivity index (χ0) is 22.6. The summed E-state index contributed by atoms with van der Waals surface area (Å²) < 4.78 is 5.89. The second-order valence-corrected chi connectivity index (χ2v) is 9.45. The lowest BCUT2D eigenvalue weighted by Gasteiger charge is -2.40. The first-order valence-corrected chi connectivity index (χ1v) is 12.3. The molecule has 9 heteroatoms. The molecular weight excluding hydrogens is 420 g/mol. The second-order valence-electron chi connectivity index (χ2n) is 9.45. The standard InChI is InChI=1S/C24H32N6O3/c31-21(7-3-6-20-26-19-5-2-1-4-18(19)22(32)27-20)30-14-10-17(11-15-30)24-29-28-23(33-24)16-8-12-25-13-9-16/h8-9,12-13,17-20,26H,1-7,10-11,14-15H2,(H,27,32). The van der Waals surface area contributed by atoms with Crippen molar-refractivity contribution in [3.8, 4) is 11.5 Å². The zero-order valence-electron chi connectivity index (χ0n) is 18.9. The monoisotopic (exact) mass is 452 g/mol. The molecule has 3 aliphatic rings. The molecular formula is C24H32N6O3. The average Bonchev–Trinajstić information content (AvgIpc) is 3.35. The highest BCUT2D eigenvalue weighted by Gasteiger charge is 2.37. The SMILES string of the molecule is O=C1NC(CCCC(=O)N2CCC(c3nnc(-c4ccncc4)o3)CC2)NC2CCCCC12. The predicted octanol–water partition coefficient (Wildman–Crippen LogP) is 2.61. The smallest absolute Gasteiger partial charge is 0.247 e. The Morgan fingerprint density at radius 1 is 1.09 bits per heavy atom. The molecule has 1 saturated carbocycles. The highest BCUT2D eigenvalue weighted by atomic mass is 16.4. The van der Waals surface area contributed by atoms with Crippen LogP contribution in [0.15, 0.2) is 28.9 Å². The van der Waals surface area contributed by atoms with E-state index in [1.807, 2.05) is 17.0 Å². The maximum absolute atomic E-state index is 12.7. The summed E-state index contributed by atoms with van der Waals surface area (Å²) >= 11 is 0. The lowest BCUT2D eigenvalue weighted by atomic mass is 9.82. The number of likely N-dealkylation sites (tertiary alicyclic amines) is 1. The first-order chi connectivity index (χ1) is 16.2. The van der Waals surface area contributed by atoms with E-state index in [9.17, 15) is 9.59 Å². The van der Waals surface area contributed by atoms with Crippen LogP contribution >= 0.6 is 0 Å². The third-order valence-electron chi connectivity index (χ3n) is 7.28. The van der Waals surface area contributed by atoms with Gasteiger partial charge >= 0.3 is 0 Å². The highest BCUT2D eigenvalue weighted by Crippen LogP contribution is 2.30. The predicted molar refractivity (Wildman–Crippen MR) is 121 cm³/mol. The maximum Gasteiger partial charge on any atom is 0.247 e. The van der Waals surface area contributed by atoms with E-state index in [0.29, 0.717) is 37.3 Å². The molecule has 0 bridgehead atoms. The van der Waals surface area contributed by atoms with Crippen molar-refractivity contribution < 1.29 is 14.0 Å². The molecule has 2 aromatic heterocycles.